The molecule has 0 N–H and O–H groups in total. The van der Waals surface area contributed by atoms with Crippen LogP contribution in [0, 0.1) is 0 Å². The number of ether oxygens (including phenoxy) is 2. The summed E-state index contributed by atoms with van der Waals surface area (Å²) >= 11 is 0. The molecule has 0 bridgehead atoms. The second-order valence-corrected chi connectivity index (χ2v) is 5.52. The highest BCUT2D eigenvalue weighted by molar-refractivity contribution is 5.91. The van der Waals surface area contributed by atoms with Gasteiger partial charge < -0.3 is 9.47 Å². The van der Waals surface area contributed by atoms with Crippen molar-refractivity contribution in [1.82, 2.24) is 0 Å². The number of hydrogen-bond donors (Lipinski definition) is 0. The van der Waals surface area contributed by atoms with Crippen molar-refractivity contribution in [1.29, 1.82) is 0 Å². The predicted molar refractivity (Wildman–Crippen MR) is 82.5 cm³/mol. The zero-order valence-electron chi connectivity index (χ0n) is 12.1. The summed E-state index contributed by atoms with van der Waals surface area (Å²) in [6.07, 6.45) is 5.39. The number of rotatable bonds is 5. The van der Waals surface area contributed by atoms with Crippen LogP contribution in [0.4, 0.5) is 0 Å². The van der Waals surface area contributed by atoms with Crippen molar-refractivity contribution >= 4 is 10.8 Å². The van der Waals surface area contributed by atoms with Gasteiger partial charge in [-0.15, -0.1) is 0 Å². The van der Waals surface area contributed by atoms with Crippen LogP contribution in [0.3, 0.4) is 0 Å². The fourth-order valence-corrected chi connectivity index (χ4v) is 3.25. The minimum absolute atomic E-state index is 0.600. The van der Waals surface area contributed by atoms with E-state index in [1.807, 2.05) is 0 Å². The van der Waals surface area contributed by atoms with Crippen LogP contribution in [0.5, 0.6) is 5.75 Å². The van der Waals surface area contributed by atoms with Gasteiger partial charge in [0, 0.05) is 12.5 Å². The van der Waals surface area contributed by atoms with Crippen LogP contribution in [0.15, 0.2) is 36.4 Å². The van der Waals surface area contributed by atoms with E-state index in [2.05, 4.69) is 36.4 Å². The van der Waals surface area contributed by atoms with Gasteiger partial charge in [-0.05, 0) is 35.8 Å². The molecule has 0 aromatic heterocycles. The molecule has 0 spiro atoms. The molecule has 1 aliphatic rings. The molecule has 1 aliphatic carbocycles. The first kappa shape index (κ1) is 13.4. The minimum Gasteiger partial charge on any atom is -0.491 e. The van der Waals surface area contributed by atoms with Crippen molar-refractivity contribution in [3.8, 4) is 5.75 Å². The van der Waals surface area contributed by atoms with Crippen molar-refractivity contribution in [3.05, 3.63) is 42.0 Å². The Morgan fingerprint density at radius 1 is 0.950 bits per heavy atom. The third kappa shape index (κ3) is 2.66. The highest BCUT2D eigenvalue weighted by Gasteiger charge is 2.19. The third-order valence-electron chi connectivity index (χ3n) is 4.26. The minimum atomic E-state index is 0.600. The van der Waals surface area contributed by atoms with Crippen LogP contribution in [-0.2, 0) is 4.74 Å². The Labute approximate surface area is 120 Å². The maximum absolute atomic E-state index is 5.85. The number of benzene rings is 2. The van der Waals surface area contributed by atoms with Gasteiger partial charge in [-0.1, -0.05) is 43.2 Å². The topological polar surface area (TPSA) is 18.5 Å². The number of methoxy groups -OCH3 is 1. The molecule has 0 amide bonds. The molecule has 2 aromatic carbocycles. The van der Waals surface area contributed by atoms with E-state index in [0.717, 1.165) is 11.7 Å². The average molecular weight is 270 g/mol. The molecule has 1 saturated carbocycles. The van der Waals surface area contributed by atoms with E-state index in [4.69, 9.17) is 9.47 Å². The monoisotopic (exact) mass is 270 g/mol. The van der Waals surface area contributed by atoms with Gasteiger partial charge in [0.05, 0.1) is 6.61 Å². The normalized spacial score (nSPS) is 15.8. The maximum Gasteiger partial charge on any atom is 0.127 e. The van der Waals surface area contributed by atoms with E-state index >= 15 is 0 Å². The quantitative estimate of drug-likeness (QED) is 0.743. The SMILES string of the molecule is COCCOc1ccc(C2CCCC2)c2ccccc12. The van der Waals surface area contributed by atoms with Crippen LogP contribution < -0.4 is 4.74 Å². The molecule has 3 rings (SSSR count). The number of hydrogen-bond acceptors (Lipinski definition) is 2. The van der Waals surface area contributed by atoms with Crippen molar-refractivity contribution in [3.63, 3.8) is 0 Å². The van der Waals surface area contributed by atoms with E-state index in [1.165, 1.54) is 42.0 Å². The Kier molecular flexibility index (Phi) is 4.22. The van der Waals surface area contributed by atoms with Crippen LogP contribution in [0.1, 0.15) is 37.2 Å². The lowest BCUT2D eigenvalue weighted by molar-refractivity contribution is 0.147. The van der Waals surface area contributed by atoms with Crippen LogP contribution in [0.25, 0.3) is 10.8 Å². The molecule has 0 radical (unpaired) electrons. The second kappa shape index (κ2) is 6.27. The van der Waals surface area contributed by atoms with Gasteiger partial charge in [-0.3, -0.25) is 0 Å². The molecule has 106 valence electrons. The first-order valence-corrected chi connectivity index (χ1v) is 7.53. The summed E-state index contributed by atoms with van der Waals surface area (Å²) in [7, 11) is 1.70. The molecular formula is C18H22O2. The predicted octanol–water partition coefficient (Wildman–Crippen LogP) is 4.52. The van der Waals surface area contributed by atoms with E-state index in [0.29, 0.717) is 13.2 Å². The average Bonchev–Trinajstić information content (AvgIpc) is 3.01. The summed E-state index contributed by atoms with van der Waals surface area (Å²) in [6.45, 7) is 1.22. The molecule has 2 heteroatoms. The Morgan fingerprint density at radius 3 is 2.45 bits per heavy atom. The Hall–Kier alpha value is -1.54. The highest BCUT2D eigenvalue weighted by Crippen LogP contribution is 2.39. The van der Waals surface area contributed by atoms with Gasteiger partial charge >= 0.3 is 0 Å². The number of fused-ring (bicyclic) bond motifs is 1. The Morgan fingerprint density at radius 2 is 1.70 bits per heavy atom. The summed E-state index contributed by atoms with van der Waals surface area (Å²) in [6, 6.07) is 13.0. The lowest BCUT2D eigenvalue weighted by Crippen LogP contribution is -2.05. The van der Waals surface area contributed by atoms with Crippen LogP contribution in [0.2, 0.25) is 0 Å². The van der Waals surface area contributed by atoms with Crippen LogP contribution in [-0.4, -0.2) is 20.3 Å². The van der Waals surface area contributed by atoms with Crippen molar-refractivity contribution in [2.24, 2.45) is 0 Å². The fraction of sp³-hybridized carbons (Fsp3) is 0.444. The standard InChI is InChI=1S/C18H22O2/c1-19-12-13-20-18-11-10-15(14-6-2-3-7-14)16-8-4-5-9-17(16)18/h4-5,8-11,14H,2-3,6-7,12-13H2,1H3. The largest absolute Gasteiger partial charge is 0.491 e. The highest BCUT2D eigenvalue weighted by atomic mass is 16.5. The summed E-state index contributed by atoms with van der Waals surface area (Å²) < 4.78 is 10.9. The van der Waals surface area contributed by atoms with Crippen molar-refractivity contribution in [2.45, 2.75) is 31.6 Å². The summed E-state index contributed by atoms with van der Waals surface area (Å²) in [5, 5.41) is 2.59. The van der Waals surface area contributed by atoms with Gasteiger partial charge in [-0.25, -0.2) is 0 Å². The lowest BCUT2D eigenvalue weighted by atomic mass is 9.92. The molecule has 0 saturated heterocycles. The molecule has 20 heavy (non-hydrogen) atoms. The maximum atomic E-state index is 5.85. The van der Waals surface area contributed by atoms with Gasteiger partial charge in [0.15, 0.2) is 0 Å². The molecule has 1 fully saturated rings. The molecule has 2 nitrogen and oxygen atoms in total. The Bertz CT molecular complexity index is 571. The molecular weight excluding hydrogens is 248 g/mol. The summed E-state index contributed by atoms with van der Waals surface area (Å²) in [5.41, 5.74) is 1.50. The fourth-order valence-electron chi connectivity index (χ4n) is 3.25. The molecule has 0 unspecified atom stereocenters. The molecule has 2 aromatic rings. The van der Waals surface area contributed by atoms with Crippen LogP contribution >= 0.6 is 0 Å². The van der Waals surface area contributed by atoms with Crippen molar-refractivity contribution < 1.29 is 9.47 Å². The third-order valence-corrected chi connectivity index (χ3v) is 4.26. The van der Waals surface area contributed by atoms with Gasteiger partial charge in [-0.2, -0.15) is 0 Å². The summed E-state index contributed by atoms with van der Waals surface area (Å²) in [4.78, 5) is 0. The van der Waals surface area contributed by atoms with E-state index in [1.54, 1.807) is 7.11 Å². The van der Waals surface area contributed by atoms with Crippen molar-refractivity contribution in [2.75, 3.05) is 20.3 Å². The van der Waals surface area contributed by atoms with E-state index < -0.39 is 0 Å². The molecule has 0 aliphatic heterocycles. The zero-order valence-corrected chi connectivity index (χ0v) is 12.1. The first-order chi connectivity index (χ1) is 9.90. The van der Waals surface area contributed by atoms with E-state index in [9.17, 15) is 0 Å². The van der Waals surface area contributed by atoms with Gasteiger partial charge in [0.25, 0.3) is 0 Å². The first-order valence-electron chi connectivity index (χ1n) is 7.53. The van der Waals surface area contributed by atoms with E-state index in [-0.39, 0.29) is 0 Å². The molecule has 0 heterocycles. The van der Waals surface area contributed by atoms with Gasteiger partial charge in [0.2, 0.25) is 0 Å². The lowest BCUT2D eigenvalue weighted by Gasteiger charge is -2.16. The smallest absolute Gasteiger partial charge is 0.127 e. The summed E-state index contributed by atoms with van der Waals surface area (Å²) in [5.74, 6) is 1.70. The molecule has 0 atom stereocenters. The Balaban J connectivity index is 1.96. The zero-order chi connectivity index (χ0) is 13.8. The van der Waals surface area contributed by atoms with Gasteiger partial charge in [0.1, 0.15) is 12.4 Å². The second-order valence-electron chi connectivity index (χ2n) is 5.52.